The fourth-order valence-electron chi connectivity index (χ4n) is 9.43. The standard InChI is InChI=1S/C17H20N4S.C17H21N4S.C16H18N4S.CH4/c1-19-15-7-12-22-16(15)17(18-19)21-10-8-20(9-11-21)13-14-5-3-2-4-6-14;1-19-17(16-15(18-19)7-12-22-16)21-10-8-20(9-11-21)13-14-5-3-2-4-6-14;1-2-4-13(5-3-1)12-19-7-9-20(10-8-19)16-15-14(17-18-16)6-11-21-15;/h2-7,12H,8-11,13H2,1H3;2-7,12,17H,8-11,13H2,1H3;1-6,11H,7-10,12H2,(H,17,18);1H4/q;+1;;. The number of hydrogen-bond donors (Lipinski definition) is 1. The van der Waals surface area contributed by atoms with Gasteiger partial charge in [0.15, 0.2) is 24.4 Å². The quantitative estimate of drug-likeness (QED) is 0.144. The molecule has 1 N–H and O–H groups in total. The number of azo groups is 2. The largest absolute Gasteiger partial charge is 0.351 e. The Morgan fingerprint density at radius 2 is 1.05 bits per heavy atom. The molecule has 3 fully saturated rings. The Hall–Kier alpha value is -5.26. The first kappa shape index (κ1) is 45.9. The number of nitrogens with one attached hydrogen (secondary N) is 1. The number of nitrogens with zero attached hydrogens (tertiary/aromatic N) is 11. The smallest absolute Gasteiger partial charge is 0.272 e. The van der Waals surface area contributed by atoms with Crippen LogP contribution in [0.2, 0.25) is 0 Å². The van der Waals surface area contributed by atoms with Crippen LogP contribution in [-0.4, -0.2) is 130 Å². The van der Waals surface area contributed by atoms with E-state index in [1.54, 1.807) is 22.7 Å². The molecule has 4 aliphatic heterocycles. The predicted octanol–water partition coefficient (Wildman–Crippen LogP) is 9.84. The fraction of sp³-hybridized carbons (Fsp3) is 0.373. The van der Waals surface area contributed by atoms with E-state index in [0.29, 0.717) is 6.17 Å². The summed E-state index contributed by atoms with van der Waals surface area (Å²) in [5.74, 6) is 2.28. The highest BCUT2D eigenvalue weighted by atomic mass is 32.1. The van der Waals surface area contributed by atoms with Gasteiger partial charge in [-0.1, -0.05) is 98.4 Å². The van der Waals surface area contributed by atoms with Gasteiger partial charge in [0.1, 0.15) is 4.88 Å². The van der Waals surface area contributed by atoms with E-state index in [-0.39, 0.29) is 7.43 Å². The normalized spacial score (nSPS) is 18.3. The number of aryl methyl sites for hydroxylation is 1. The zero-order valence-electron chi connectivity index (χ0n) is 37.5. The molecule has 1 unspecified atom stereocenters. The summed E-state index contributed by atoms with van der Waals surface area (Å²) in [6.07, 6.45) is 0.342. The molecular weight excluding hydrogens is 877 g/mol. The lowest BCUT2D eigenvalue weighted by atomic mass is 10.2. The van der Waals surface area contributed by atoms with Crippen molar-refractivity contribution >= 4 is 71.8 Å². The Kier molecular flexibility index (Phi) is 15.0. The van der Waals surface area contributed by atoms with E-state index in [9.17, 15) is 0 Å². The summed E-state index contributed by atoms with van der Waals surface area (Å²) in [5.41, 5.74) is 7.75. The van der Waals surface area contributed by atoms with Crippen LogP contribution in [0.4, 0.5) is 17.3 Å². The molecule has 0 bridgehead atoms. The molecule has 344 valence electrons. The van der Waals surface area contributed by atoms with Gasteiger partial charge >= 0.3 is 0 Å². The van der Waals surface area contributed by atoms with Crippen LogP contribution >= 0.6 is 34.0 Å². The molecule has 4 aliphatic rings. The minimum Gasteiger partial charge on any atom is -0.351 e. The van der Waals surface area contributed by atoms with Crippen LogP contribution in [-0.2, 0) is 26.7 Å². The maximum absolute atomic E-state index is 4.72. The van der Waals surface area contributed by atoms with Crippen molar-refractivity contribution in [2.45, 2.75) is 33.2 Å². The fourth-order valence-corrected chi connectivity index (χ4v) is 12.2. The van der Waals surface area contributed by atoms with E-state index < -0.39 is 0 Å². The lowest BCUT2D eigenvalue weighted by Crippen LogP contribution is -2.48. The Morgan fingerprint density at radius 3 is 1.61 bits per heavy atom. The summed E-state index contributed by atoms with van der Waals surface area (Å²) in [4.78, 5) is 16.4. The molecule has 0 spiro atoms. The van der Waals surface area contributed by atoms with Crippen molar-refractivity contribution in [3.8, 4) is 0 Å². The molecule has 0 amide bonds. The van der Waals surface area contributed by atoms with Gasteiger partial charge in [0, 0.05) is 105 Å². The Bertz CT molecular complexity index is 2730. The summed E-state index contributed by atoms with van der Waals surface area (Å²) >= 11 is 5.39. The highest BCUT2D eigenvalue weighted by molar-refractivity contribution is 7.18. The van der Waals surface area contributed by atoms with Gasteiger partial charge < -0.3 is 9.80 Å². The molecule has 66 heavy (non-hydrogen) atoms. The Morgan fingerprint density at radius 1 is 0.561 bits per heavy atom. The Balaban J connectivity index is 0.000000124. The van der Waals surface area contributed by atoms with Crippen LogP contribution in [0.15, 0.2) is 130 Å². The number of H-pyrrole nitrogens is 1. The van der Waals surface area contributed by atoms with Crippen molar-refractivity contribution in [2.24, 2.45) is 12.2 Å². The molecule has 5 aromatic heterocycles. The molecule has 9 heterocycles. The van der Waals surface area contributed by atoms with E-state index >= 15 is 0 Å². The summed E-state index contributed by atoms with van der Waals surface area (Å²) in [7, 11) is 4.12. The molecule has 3 aromatic carbocycles. The van der Waals surface area contributed by atoms with Crippen molar-refractivity contribution < 1.29 is 4.70 Å². The van der Waals surface area contributed by atoms with Gasteiger partial charge in [0.2, 0.25) is 0 Å². The number of hydrogen-bond acceptors (Lipinski definition) is 12. The summed E-state index contributed by atoms with van der Waals surface area (Å²) in [6, 6.07) is 38.6. The zero-order valence-corrected chi connectivity index (χ0v) is 39.9. The second kappa shape index (κ2) is 21.6. The first-order chi connectivity index (χ1) is 32.0. The zero-order chi connectivity index (χ0) is 44.0. The van der Waals surface area contributed by atoms with Gasteiger partial charge in [0.05, 0.1) is 20.4 Å². The molecule has 0 radical (unpaired) electrons. The van der Waals surface area contributed by atoms with Gasteiger partial charge in [-0.05, 0) is 56.1 Å². The first-order valence-corrected chi connectivity index (χ1v) is 25.5. The van der Waals surface area contributed by atoms with E-state index in [1.165, 1.54) is 36.5 Å². The van der Waals surface area contributed by atoms with Gasteiger partial charge in [-0.2, -0.15) is 10.2 Å². The number of anilines is 2. The van der Waals surface area contributed by atoms with Crippen molar-refractivity contribution in [3.63, 3.8) is 0 Å². The van der Waals surface area contributed by atoms with Gasteiger partial charge in [0.25, 0.3) is 6.17 Å². The molecule has 0 saturated carbocycles. The van der Waals surface area contributed by atoms with Crippen LogP contribution in [0.1, 0.15) is 35.2 Å². The molecule has 8 aromatic rings. The number of piperazine rings is 3. The third kappa shape index (κ3) is 10.6. The van der Waals surface area contributed by atoms with Crippen molar-refractivity contribution in [3.05, 3.63) is 147 Å². The number of fused-ring (bicyclic) bond motifs is 3. The molecular formula is C51H63N12S3+. The second-order valence-corrected chi connectivity index (χ2v) is 20.1. The monoisotopic (exact) mass is 939 g/mol. The van der Waals surface area contributed by atoms with Crippen LogP contribution in [0.3, 0.4) is 0 Å². The van der Waals surface area contributed by atoms with Gasteiger partial charge in [-0.25, -0.2) is 4.90 Å². The minimum atomic E-state index is 0. The lowest BCUT2D eigenvalue weighted by Gasteiger charge is -2.35. The first-order valence-electron chi connectivity index (χ1n) is 22.9. The van der Waals surface area contributed by atoms with Crippen LogP contribution in [0.25, 0.3) is 20.4 Å². The van der Waals surface area contributed by atoms with Crippen molar-refractivity contribution in [2.75, 3.05) is 95.4 Å². The van der Waals surface area contributed by atoms with Crippen LogP contribution in [0, 0.1) is 0 Å². The molecule has 1 atom stereocenters. The lowest BCUT2D eigenvalue weighted by molar-refractivity contribution is -0.622. The molecule has 15 heteroatoms. The third-order valence-electron chi connectivity index (χ3n) is 13.0. The van der Waals surface area contributed by atoms with E-state index in [1.807, 2.05) is 23.1 Å². The summed E-state index contributed by atoms with van der Waals surface area (Å²) in [5, 5.41) is 23.4. The van der Waals surface area contributed by atoms with E-state index in [4.69, 9.17) is 5.10 Å². The number of benzene rings is 3. The maximum Gasteiger partial charge on any atom is 0.272 e. The number of rotatable bonds is 9. The topological polar surface area (TPSA) is 81.3 Å². The summed E-state index contributed by atoms with van der Waals surface area (Å²) in [6.45, 7) is 16.2. The van der Waals surface area contributed by atoms with Crippen LogP contribution in [0.5, 0.6) is 0 Å². The SMILES string of the molecule is C.C[N+]1=Nc2ccsc2C1N1CCN(Cc2ccccc2)CC1.Cn1nc(N2CCN(Cc3ccccc3)CC2)c2sccc21.c1ccc(CN2CCN(c3n[nH]c4ccsc34)CC2)cc1. The minimum absolute atomic E-state index is 0. The van der Waals surface area contributed by atoms with Gasteiger partial charge in [-0.3, -0.25) is 24.5 Å². The van der Waals surface area contributed by atoms with E-state index in [0.717, 1.165) is 121 Å². The average Bonchev–Trinajstić information content (AvgIpc) is 4.22. The molecule has 12 nitrogen and oxygen atoms in total. The van der Waals surface area contributed by atoms with E-state index in [2.05, 4.69) is 182 Å². The number of aromatic nitrogens is 4. The highest BCUT2D eigenvalue weighted by Gasteiger charge is 2.39. The predicted molar refractivity (Wildman–Crippen MR) is 276 cm³/mol. The van der Waals surface area contributed by atoms with Crippen LogP contribution < -0.4 is 9.80 Å². The van der Waals surface area contributed by atoms with Crippen molar-refractivity contribution in [1.29, 1.82) is 0 Å². The summed E-state index contributed by atoms with van der Waals surface area (Å²) < 4.78 is 6.72. The number of thiophene rings is 3. The maximum atomic E-state index is 4.72. The molecule has 0 aliphatic carbocycles. The third-order valence-corrected chi connectivity index (χ3v) is 15.7. The second-order valence-electron chi connectivity index (χ2n) is 17.3. The number of aromatic amines is 1. The van der Waals surface area contributed by atoms with Gasteiger partial charge in [-0.15, -0.1) is 38.7 Å². The Labute approximate surface area is 401 Å². The average molecular weight is 940 g/mol. The molecule has 12 rings (SSSR count). The highest BCUT2D eigenvalue weighted by Crippen LogP contribution is 2.41. The van der Waals surface area contributed by atoms with Crippen molar-refractivity contribution in [1.82, 2.24) is 39.6 Å². The molecule has 3 saturated heterocycles.